The standard InChI is InChI=1S/C14H16ClFN2O2/c15-9-3-6-12(16)11(7-9)14(20)18-10-4-1-8(2-5-10)13(17)19/h3,6-8,10H,1-2,4-5H2,(H2,17,19)(H,18,20). The summed E-state index contributed by atoms with van der Waals surface area (Å²) in [5.74, 6) is -1.49. The maximum Gasteiger partial charge on any atom is 0.254 e. The van der Waals surface area contributed by atoms with Gasteiger partial charge in [-0.1, -0.05) is 11.6 Å². The third-order valence-electron chi connectivity index (χ3n) is 3.64. The predicted molar refractivity (Wildman–Crippen MR) is 73.8 cm³/mol. The topological polar surface area (TPSA) is 72.2 Å². The molecule has 1 fully saturated rings. The highest BCUT2D eigenvalue weighted by Gasteiger charge is 2.26. The van der Waals surface area contributed by atoms with Crippen LogP contribution in [-0.4, -0.2) is 17.9 Å². The summed E-state index contributed by atoms with van der Waals surface area (Å²) in [4.78, 5) is 23.1. The first-order chi connectivity index (χ1) is 9.47. The fraction of sp³-hybridized carbons (Fsp3) is 0.429. The van der Waals surface area contributed by atoms with Gasteiger partial charge in [0.05, 0.1) is 5.56 Å². The molecular weight excluding hydrogens is 283 g/mol. The molecule has 0 atom stereocenters. The minimum Gasteiger partial charge on any atom is -0.369 e. The smallest absolute Gasteiger partial charge is 0.254 e. The number of carbonyl (C=O) groups excluding carboxylic acids is 2. The SMILES string of the molecule is NC(=O)C1CCC(NC(=O)c2cc(Cl)ccc2F)CC1. The van der Waals surface area contributed by atoms with Crippen molar-refractivity contribution >= 4 is 23.4 Å². The molecular formula is C14H16ClFN2O2. The monoisotopic (exact) mass is 298 g/mol. The molecule has 1 aromatic carbocycles. The summed E-state index contributed by atoms with van der Waals surface area (Å²) in [6.45, 7) is 0. The van der Waals surface area contributed by atoms with E-state index >= 15 is 0 Å². The van der Waals surface area contributed by atoms with Crippen molar-refractivity contribution in [3.63, 3.8) is 0 Å². The average molecular weight is 299 g/mol. The van der Waals surface area contributed by atoms with Gasteiger partial charge >= 0.3 is 0 Å². The van der Waals surface area contributed by atoms with Gasteiger partial charge in [0.25, 0.3) is 5.91 Å². The van der Waals surface area contributed by atoms with Gasteiger partial charge in [0.1, 0.15) is 5.82 Å². The Labute approximate surface area is 121 Å². The first-order valence-electron chi connectivity index (χ1n) is 6.52. The van der Waals surface area contributed by atoms with E-state index in [1.165, 1.54) is 18.2 Å². The van der Waals surface area contributed by atoms with Crippen LogP contribution < -0.4 is 11.1 Å². The molecule has 0 saturated heterocycles. The quantitative estimate of drug-likeness (QED) is 0.898. The molecule has 2 amide bonds. The lowest BCUT2D eigenvalue weighted by atomic mass is 9.85. The van der Waals surface area contributed by atoms with Gasteiger partial charge in [-0.2, -0.15) is 0 Å². The first-order valence-corrected chi connectivity index (χ1v) is 6.90. The number of amides is 2. The summed E-state index contributed by atoms with van der Waals surface area (Å²) in [6, 6.07) is 3.81. The van der Waals surface area contributed by atoms with Crippen LogP contribution in [0.1, 0.15) is 36.0 Å². The summed E-state index contributed by atoms with van der Waals surface area (Å²) < 4.78 is 13.6. The van der Waals surface area contributed by atoms with Crippen molar-refractivity contribution in [3.05, 3.63) is 34.6 Å². The lowest BCUT2D eigenvalue weighted by Gasteiger charge is -2.27. The molecule has 108 valence electrons. The molecule has 0 spiro atoms. The van der Waals surface area contributed by atoms with Crippen molar-refractivity contribution in [2.75, 3.05) is 0 Å². The van der Waals surface area contributed by atoms with Gasteiger partial charge < -0.3 is 11.1 Å². The third-order valence-corrected chi connectivity index (χ3v) is 3.87. The van der Waals surface area contributed by atoms with Crippen molar-refractivity contribution < 1.29 is 14.0 Å². The van der Waals surface area contributed by atoms with Gasteiger partial charge in [-0.05, 0) is 43.9 Å². The third kappa shape index (κ3) is 3.48. The Hall–Kier alpha value is -1.62. The second-order valence-corrected chi connectivity index (χ2v) is 5.48. The number of rotatable bonds is 3. The fourth-order valence-electron chi connectivity index (χ4n) is 2.46. The van der Waals surface area contributed by atoms with Crippen molar-refractivity contribution in [2.45, 2.75) is 31.7 Å². The van der Waals surface area contributed by atoms with Gasteiger partial charge in [-0.15, -0.1) is 0 Å². The Morgan fingerprint density at radius 1 is 1.25 bits per heavy atom. The highest BCUT2D eigenvalue weighted by Crippen LogP contribution is 2.24. The number of benzene rings is 1. The van der Waals surface area contributed by atoms with Crippen LogP contribution in [0.25, 0.3) is 0 Å². The van der Waals surface area contributed by atoms with Crippen LogP contribution in [-0.2, 0) is 4.79 Å². The largest absolute Gasteiger partial charge is 0.369 e. The van der Waals surface area contributed by atoms with E-state index in [0.29, 0.717) is 30.7 Å². The van der Waals surface area contributed by atoms with Crippen molar-refractivity contribution in [2.24, 2.45) is 11.7 Å². The lowest BCUT2D eigenvalue weighted by Crippen LogP contribution is -2.40. The Kier molecular flexibility index (Phi) is 4.60. The molecule has 0 unspecified atom stereocenters. The molecule has 2 rings (SSSR count). The number of halogens is 2. The molecule has 0 heterocycles. The Morgan fingerprint density at radius 2 is 1.90 bits per heavy atom. The van der Waals surface area contributed by atoms with Crippen molar-refractivity contribution in [1.82, 2.24) is 5.32 Å². The highest BCUT2D eigenvalue weighted by molar-refractivity contribution is 6.31. The van der Waals surface area contributed by atoms with E-state index < -0.39 is 11.7 Å². The van der Waals surface area contributed by atoms with Crippen LogP contribution in [0.15, 0.2) is 18.2 Å². The molecule has 20 heavy (non-hydrogen) atoms. The number of carbonyl (C=O) groups is 2. The molecule has 4 nitrogen and oxygen atoms in total. The van der Waals surface area contributed by atoms with Crippen LogP contribution in [0.5, 0.6) is 0 Å². The Bertz CT molecular complexity index is 528. The second-order valence-electron chi connectivity index (χ2n) is 5.05. The van der Waals surface area contributed by atoms with Crippen LogP contribution in [0.4, 0.5) is 4.39 Å². The summed E-state index contributed by atoms with van der Waals surface area (Å²) in [6.07, 6.45) is 2.64. The normalized spacial score (nSPS) is 22.3. The van der Waals surface area contributed by atoms with Gasteiger partial charge in [0, 0.05) is 17.0 Å². The molecule has 1 saturated carbocycles. The zero-order chi connectivity index (χ0) is 14.7. The summed E-state index contributed by atoms with van der Waals surface area (Å²) >= 11 is 5.76. The Morgan fingerprint density at radius 3 is 2.50 bits per heavy atom. The van der Waals surface area contributed by atoms with E-state index in [4.69, 9.17) is 17.3 Å². The van der Waals surface area contributed by atoms with E-state index in [-0.39, 0.29) is 23.4 Å². The maximum atomic E-state index is 13.6. The van der Waals surface area contributed by atoms with Crippen LogP contribution in [0.3, 0.4) is 0 Å². The zero-order valence-corrected chi connectivity index (χ0v) is 11.6. The van der Waals surface area contributed by atoms with E-state index in [0.717, 1.165) is 0 Å². The van der Waals surface area contributed by atoms with Crippen molar-refractivity contribution in [3.8, 4) is 0 Å². The first kappa shape index (κ1) is 14.8. The highest BCUT2D eigenvalue weighted by atomic mass is 35.5. The van der Waals surface area contributed by atoms with E-state index in [1.54, 1.807) is 0 Å². The van der Waals surface area contributed by atoms with Gasteiger partial charge in [-0.3, -0.25) is 9.59 Å². The fourth-order valence-corrected chi connectivity index (χ4v) is 2.63. The molecule has 0 bridgehead atoms. The molecule has 0 aromatic heterocycles. The molecule has 1 aromatic rings. The van der Waals surface area contributed by atoms with E-state index in [1.807, 2.05) is 0 Å². The molecule has 3 N–H and O–H groups in total. The molecule has 1 aliphatic rings. The van der Waals surface area contributed by atoms with Crippen molar-refractivity contribution in [1.29, 1.82) is 0 Å². The molecule has 6 heteroatoms. The van der Waals surface area contributed by atoms with Gasteiger partial charge in [0.2, 0.25) is 5.91 Å². The van der Waals surface area contributed by atoms with Gasteiger partial charge in [0.15, 0.2) is 0 Å². The zero-order valence-electron chi connectivity index (χ0n) is 10.9. The number of hydrogen-bond donors (Lipinski definition) is 2. The van der Waals surface area contributed by atoms with E-state index in [2.05, 4.69) is 5.32 Å². The molecule has 1 aliphatic carbocycles. The van der Waals surface area contributed by atoms with Crippen LogP contribution >= 0.6 is 11.6 Å². The van der Waals surface area contributed by atoms with Gasteiger partial charge in [-0.25, -0.2) is 4.39 Å². The maximum absolute atomic E-state index is 13.6. The number of nitrogens with one attached hydrogen (secondary N) is 1. The lowest BCUT2D eigenvalue weighted by molar-refractivity contribution is -0.122. The van der Waals surface area contributed by atoms with Crippen LogP contribution in [0, 0.1) is 11.7 Å². The minimum absolute atomic E-state index is 0.0588. The van der Waals surface area contributed by atoms with E-state index in [9.17, 15) is 14.0 Å². The summed E-state index contributed by atoms with van der Waals surface area (Å²) in [5.41, 5.74) is 5.19. The molecule has 0 aliphatic heterocycles. The minimum atomic E-state index is -0.599. The molecule has 0 radical (unpaired) electrons. The number of nitrogens with two attached hydrogens (primary N) is 1. The average Bonchev–Trinajstić information content (AvgIpc) is 2.42. The summed E-state index contributed by atoms with van der Waals surface area (Å²) in [5, 5.41) is 3.09. The predicted octanol–water partition coefficient (Wildman–Crippen LogP) is 2.25. The summed E-state index contributed by atoms with van der Waals surface area (Å²) in [7, 11) is 0. The Balaban J connectivity index is 1.96. The number of primary amides is 1. The number of hydrogen-bond acceptors (Lipinski definition) is 2. The second kappa shape index (κ2) is 6.22. The van der Waals surface area contributed by atoms with Crippen LogP contribution in [0.2, 0.25) is 5.02 Å².